The molecule has 0 bridgehead atoms. The van der Waals surface area contributed by atoms with E-state index in [-0.39, 0.29) is 0 Å². The number of carboxylic acid groups (broad SMARTS) is 1. The van der Waals surface area contributed by atoms with E-state index in [1.54, 1.807) is 0 Å². The second kappa shape index (κ2) is 4.78. The van der Waals surface area contributed by atoms with Gasteiger partial charge in [0.1, 0.15) is 0 Å². The van der Waals surface area contributed by atoms with Gasteiger partial charge in [-0.05, 0) is 46.1 Å². The summed E-state index contributed by atoms with van der Waals surface area (Å²) in [5.74, 6) is -0.0588. The van der Waals surface area contributed by atoms with Gasteiger partial charge >= 0.3 is 5.97 Å². The maximum absolute atomic E-state index is 10.5. The van der Waals surface area contributed by atoms with Crippen LogP contribution >= 0.6 is 0 Å². The van der Waals surface area contributed by atoms with Crippen LogP contribution in [0.25, 0.3) is 0 Å². The zero-order chi connectivity index (χ0) is 10.7. The fraction of sp³-hybridized carbons (Fsp3) is 0.909. The van der Waals surface area contributed by atoms with Gasteiger partial charge in [-0.1, -0.05) is 0 Å². The van der Waals surface area contributed by atoms with Crippen LogP contribution in [0.15, 0.2) is 0 Å². The van der Waals surface area contributed by atoms with Gasteiger partial charge in [0.05, 0.1) is 0 Å². The molecule has 82 valence electrons. The van der Waals surface area contributed by atoms with E-state index in [0.29, 0.717) is 24.4 Å². The Balaban J connectivity index is 2.38. The molecule has 3 nitrogen and oxygen atoms in total. The highest BCUT2D eigenvalue weighted by molar-refractivity contribution is 5.66. The van der Waals surface area contributed by atoms with Crippen LogP contribution in [0.3, 0.4) is 0 Å². The highest BCUT2D eigenvalue weighted by atomic mass is 16.4. The Morgan fingerprint density at radius 3 is 2.29 bits per heavy atom. The number of nitrogens with zero attached hydrogens (tertiary/aromatic N) is 1. The Kier molecular flexibility index (Phi) is 3.93. The van der Waals surface area contributed by atoms with Crippen LogP contribution in [0.2, 0.25) is 0 Å². The van der Waals surface area contributed by atoms with Crippen molar-refractivity contribution in [2.24, 2.45) is 5.92 Å². The Morgan fingerprint density at radius 2 is 1.86 bits per heavy atom. The lowest BCUT2D eigenvalue weighted by Crippen LogP contribution is -2.43. The molecule has 0 radical (unpaired) electrons. The van der Waals surface area contributed by atoms with Gasteiger partial charge in [-0.25, -0.2) is 0 Å². The molecule has 0 spiro atoms. The summed E-state index contributed by atoms with van der Waals surface area (Å²) in [4.78, 5) is 12.8. The van der Waals surface area contributed by atoms with Gasteiger partial charge in [0.25, 0.3) is 0 Å². The summed E-state index contributed by atoms with van der Waals surface area (Å²) < 4.78 is 0. The maximum Gasteiger partial charge on any atom is 0.303 e. The van der Waals surface area contributed by atoms with Crippen LogP contribution in [0.4, 0.5) is 0 Å². The highest BCUT2D eigenvalue weighted by Gasteiger charge is 2.27. The first-order chi connectivity index (χ1) is 6.50. The number of carbonyl (C=O) groups is 1. The molecule has 1 N–H and O–H groups in total. The topological polar surface area (TPSA) is 40.5 Å². The molecular formula is C11H21NO2. The second-order valence-corrected chi connectivity index (χ2v) is 4.63. The Hall–Kier alpha value is -0.570. The lowest BCUT2D eigenvalue weighted by atomic mass is 9.84. The van der Waals surface area contributed by atoms with Crippen molar-refractivity contribution in [1.82, 2.24) is 4.90 Å². The number of aliphatic carboxylic acids is 1. The average molecular weight is 199 g/mol. The molecule has 0 aromatic rings. The SMILES string of the molecule is CC1CC(CCC(=O)O)CC(C)N1C. The van der Waals surface area contributed by atoms with E-state index in [9.17, 15) is 4.79 Å². The van der Waals surface area contributed by atoms with Crippen molar-refractivity contribution in [2.45, 2.75) is 51.6 Å². The quantitative estimate of drug-likeness (QED) is 0.755. The fourth-order valence-electron chi connectivity index (χ4n) is 2.39. The van der Waals surface area contributed by atoms with Crippen LogP contribution in [0, 0.1) is 5.92 Å². The van der Waals surface area contributed by atoms with Crippen LogP contribution < -0.4 is 0 Å². The first-order valence-electron chi connectivity index (χ1n) is 5.44. The molecule has 1 rings (SSSR count). The van der Waals surface area contributed by atoms with E-state index in [0.717, 1.165) is 19.3 Å². The number of piperidine rings is 1. The zero-order valence-electron chi connectivity index (χ0n) is 9.36. The van der Waals surface area contributed by atoms with Crippen molar-refractivity contribution in [3.05, 3.63) is 0 Å². The van der Waals surface area contributed by atoms with Gasteiger partial charge in [-0.2, -0.15) is 0 Å². The molecule has 2 atom stereocenters. The molecule has 2 unspecified atom stereocenters. The Morgan fingerprint density at radius 1 is 1.36 bits per heavy atom. The molecule has 0 saturated carbocycles. The minimum absolute atomic E-state index is 0.327. The molecule has 1 heterocycles. The molecule has 0 amide bonds. The van der Waals surface area contributed by atoms with Crippen LogP contribution in [-0.2, 0) is 4.79 Å². The van der Waals surface area contributed by atoms with Crippen molar-refractivity contribution >= 4 is 5.97 Å². The lowest BCUT2D eigenvalue weighted by molar-refractivity contribution is -0.137. The summed E-state index contributed by atoms with van der Waals surface area (Å²) in [6.45, 7) is 4.45. The van der Waals surface area contributed by atoms with Gasteiger partial charge in [0.15, 0.2) is 0 Å². The van der Waals surface area contributed by atoms with Gasteiger partial charge in [0, 0.05) is 18.5 Å². The van der Waals surface area contributed by atoms with E-state index in [4.69, 9.17) is 5.11 Å². The molecule has 1 aliphatic rings. The predicted octanol–water partition coefficient (Wildman–Crippen LogP) is 1.97. The molecule has 0 aliphatic carbocycles. The summed E-state index contributed by atoms with van der Waals surface area (Å²) in [6, 6.07) is 1.19. The van der Waals surface area contributed by atoms with Crippen molar-refractivity contribution in [2.75, 3.05) is 7.05 Å². The van der Waals surface area contributed by atoms with E-state index >= 15 is 0 Å². The first-order valence-corrected chi connectivity index (χ1v) is 5.44. The maximum atomic E-state index is 10.5. The molecule has 1 aliphatic heterocycles. The molecule has 1 saturated heterocycles. The number of hydrogen-bond donors (Lipinski definition) is 1. The summed E-state index contributed by atoms with van der Waals surface area (Å²) in [6.07, 6.45) is 3.47. The summed E-state index contributed by atoms with van der Waals surface area (Å²) in [7, 11) is 2.16. The minimum Gasteiger partial charge on any atom is -0.481 e. The van der Waals surface area contributed by atoms with Gasteiger partial charge in [0.2, 0.25) is 0 Å². The number of carboxylic acids is 1. The van der Waals surface area contributed by atoms with Crippen LogP contribution in [-0.4, -0.2) is 35.1 Å². The highest BCUT2D eigenvalue weighted by Crippen LogP contribution is 2.29. The summed E-state index contributed by atoms with van der Waals surface area (Å²) in [5, 5.41) is 8.62. The first kappa shape index (κ1) is 11.5. The Bertz CT molecular complexity index is 193. The fourth-order valence-corrected chi connectivity index (χ4v) is 2.39. The van der Waals surface area contributed by atoms with Crippen molar-refractivity contribution in [1.29, 1.82) is 0 Å². The van der Waals surface area contributed by atoms with Crippen molar-refractivity contribution < 1.29 is 9.90 Å². The third-order valence-electron chi connectivity index (χ3n) is 3.51. The van der Waals surface area contributed by atoms with Gasteiger partial charge < -0.3 is 10.0 Å². The normalized spacial score (nSPS) is 34.4. The third kappa shape index (κ3) is 2.98. The largest absolute Gasteiger partial charge is 0.481 e. The number of likely N-dealkylation sites (tertiary alicyclic amines) is 1. The average Bonchev–Trinajstić information content (AvgIpc) is 2.10. The summed E-state index contributed by atoms with van der Waals surface area (Å²) in [5.41, 5.74) is 0. The second-order valence-electron chi connectivity index (χ2n) is 4.63. The van der Waals surface area contributed by atoms with E-state index in [1.165, 1.54) is 0 Å². The smallest absolute Gasteiger partial charge is 0.303 e. The van der Waals surface area contributed by atoms with Crippen LogP contribution in [0.5, 0.6) is 0 Å². The molecule has 0 aromatic heterocycles. The number of rotatable bonds is 3. The number of hydrogen-bond acceptors (Lipinski definition) is 2. The monoisotopic (exact) mass is 199 g/mol. The molecule has 0 aromatic carbocycles. The van der Waals surface area contributed by atoms with Crippen molar-refractivity contribution in [3.8, 4) is 0 Å². The van der Waals surface area contributed by atoms with E-state index < -0.39 is 5.97 Å². The molecular weight excluding hydrogens is 178 g/mol. The van der Waals surface area contributed by atoms with Gasteiger partial charge in [-0.3, -0.25) is 4.79 Å². The minimum atomic E-state index is -0.663. The lowest BCUT2D eigenvalue weighted by Gasteiger charge is -2.40. The molecule has 14 heavy (non-hydrogen) atoms. The molecule has 1 fully saturated rings. The summed E-state index contributed by atoms with van der Waals surface area (Å²) >= 11 is 0. The zero-order valence-corrected chi connectivity index (χ0v) is 9.36. The predicted molar refractivity (Wildman–Crippen MR) is 56.3 cm³/mol. The third-order valence-corrected chi connectivity index (χ3v) is 3.51. The van der Waals surface area contributed by atoms with Crippen LogP contribution in [0.1, 0.15) is 39.5 Å². The van der Waals surface area contributed by atoms with E-state index in [2.05, 4.69) is 25.8 Å². The van der Waals surface area contributed by atoms with E-state index in [1.807, 2.05) is 0 Å². The van der Waals surface area contributed by atoms with Gasteiger partial charge in [-0.15, -0.1) is 0 Å². The molecule has 3 heteroatoms. The van der Waals surface area contributed by atoms with Crippen molar-refractivity contribution in [3.63, 3.8) is 0 Å². The Labute approximate surface area is 86.1 Å². The standard InChI is InChI=1S/C11H21NO2/c1-8-6-10(4-5-11(13)14)7-9(2)12(8)3/h8-10H,4-7H2,1-3H3,(H,13,14).